The number of aromatic nitrogens is 2. The minimum absolute atomic E-state index is 0.164. The second-order valence-electron chi connectivity index (χ2n) is 12.3. The molecule has 9 heteroatoms. The Balaban J connectivity index is 1.20. The van der Waals surface area contributed by atoms with Crippen molar-refractivity contribution in [2.75, 3.05) is 25.5 Å². The zero-order valence-electron chi connectivity index (χ0n) is 23.6. The van der Waals surface area contributed by atoms with Crippen molar-refractivity contribution in [1.29, 1.82) is 0 Å². The third-order valence-electron chi connectivity index (χ3n) is 9.73. The molecule has 0 amide bonds. The maximum absolute atomic E-state index is 14.4. The van der Waals surface area contributed by atoms with E-state index in [1.165, 1.54) is 30.5 Å². The minimum atomic E-state index is -0.354. The number of likely N-dealkylation sites (tertiary alicyclic amines) is 1. The van der Waals surface area contributed by atoms with E-state index in [9.17, 15) is 14.3 Å². The number of aliphatic hydroxyl groups is 1. The number of aryl methyl sites for hydroxylation is 2. The molecule has 4 fully saturated rings. The van der Waals surface area contributed by atoms with Gasteiger partial charge in [-0.05, 0) is 72.3 Å². The van der Waals surface area contributed by atoms with Crippen LogP contribution in [0.5, 0.6) is 5.75 Å². The fourth-order valence-corrected chi connectivity index (χ4v) is 6.89. The van der Waals surface area contributed by atoms with Crippen LogP contribution in [0, 0.1) is 29.0 Å². The van der Waals surface area contributed by atoms with Gasteiger partial charge in [0.1, 0.15) is 11.6 Å². The predicted octanol–water partition coefficient (Wildman–Crippen LogP) is 4.30. The Kier molecular flexibility index (Phi) is 6.81. The highest BCUT2D eigenvalue weighted by atomic mass is 19.1. The van der Waals surface area contributed by atoms with Crippen molar-refractivity contribution in [2.24, 2.45) is 28.2 Å². The van der Waals surface area contributed by atoms with Crippen molar-refractivity contribution in [3.05, 3.63) is 64.5 Å². The second kappa shape index (κ2) is 10.2. The van der Waals surface area contributed by atoms with Crippen LogP contribution in [0.1, 0.15) is 39.2 Å². The number of hydrogen-bond donors (Lipinski definition) is 2. The number of ether oxygens (including phenoxy) is 1. The number of methoxy groups -OCH3 is 1. The van der Waals surface area contributed by atoms with Crippen LogP contribution in [0.15, 0.2) is 52.5 Å². The summed E-state index contributed by atoms with van der Waals surface area (Å²) in [5, 5.41) is 13.9. The number of anilines is 1. The van der Waals surface area contributed by atoms with Gasteiger partial charge in [-0.25, -0.2) is 14.4 Å². The highest BCUT2D eigenvalue weighted by Gasteiger charge is 2.56. The van der Waals surface area contributed by atoms with Gasteiger partial charge in [-0.1, -0.05) is 26.8 Å². The quantitative estimate of drug-likeness (QED) is 0.353. The van der Waals surface area contributed by atoms with Gasteiger partial charge in [0.15, 0.2) is 5.96 Å². The van der Waals surface area contributed by atoms with Gasteiger partial charge in [0.25, 0.3) is 5.56 Å². The van der Waals surface area contributed by atoms with E-state index in [4.69, 9.17) is 9.73 Å². The summed E-state index contributed by atoms with van der Waals surface area (Å²) in [7, 11) is 1.50. The van der Waals surface area contributed by atoms with Gasteiger partial charge < -0.3 is 20.1 Å². The molecule has 4 atom stereocenters. The Bertz CT molecular complexity index is 1510. The molecule has 1 aliphatic heterocycles. The molecular weight excluding hydrogens is 509 g/mol. The summed E-state index contributed by atoms with van der Waals surface area (Å²) < 4.78 is 20.9. The van der Waals surface area contributed by atoms with Crippen molar-refractivity contribution >= 4 is 22.5 Å². The first kappa shape index (κ1) is 26.7. The number of nitrogens with one attached hydrogen (secondary N) is 1. The summed E-state index contributed by atoms with van der Waals surface area (Å²) in [6.07, 6.45) is 3.93. The van der Waals surface area contributed by atoms with Gasteiger partial charge in [-0.15, -0.1) is 0 Å². The van der Waals surface area contributed by atoms with Crippen LogP contribution in [-0.4, -0.2) is 57.9 Å². The number of rotatable bonds is 6. The summed E-state index contributed by atoms with van der Waals surface area (Å²) in [5.41, 5.74) is 2.13. The Labute approximate surface area is 233 Å². The molecule has 2 bridgehead atoms. The summed E-state index contributed by atoms with van der Waals surface area (Å²) >= 11 is 0. The van der Waals surface area contributed by atoms with Crippen LogP contribution < -0.4 is 15.6 Å². The number of hydrogen-bond acceptors (Lipinski definition) is 5. The van der Waals surface area contributed by atoms with E-state index in [0.29, 0.717) is 71.4 Å². The van der Waals surface area contributed by atoms with E-state index in [1.807, 2.05) is 12.1 Å². The summed E-state index contributed by atoms with van der Waals surface area (Å²) in [6, 6.07) is 10.5. The average molecular weight is 548 g/mol. The Morgan fingerprint density at radius 1 is 1.23 bits per heavy atom. The lowest BCUT2D eigenvalue weighted by Crippen LogP contribution is -2.58. The van der Waals surface area contributed by atoms with Crippen molar-refractivity contribution in [2.45, 2.75) is 58.7 Å². The van der Waals surface area contributed by atoms with Crippen molar-refractivity contribution in [3.8, 4) is 5.75 Å². The van der Waals surface area contributed by atoms with E-state index in [0.717, 1.165) is 18.1 Å². The molecule has 3 aliphatic carbocycles. The third-order valence-corrected chi connectivity index (χ3v) is 9.73. The van der Waals surface area contributed by atoms with E-state index in [2.05, 4.69) is 36.0 Å². The van der Waals surface area contributed by atoms with E-state index in [-0.39, 0.29) is 23.5 Å². The van der Waals surface area contributed by atoms with Crippen LogP contribution in [0.2, 0.25) is 0 Å². The summed E-state index contributed by atoms with van der Waals surface area (Å²) in [6.45, 7) is 8.53. The molecular formula is C31H38FN5O3. The van der Waals surface area contributed by atoms with Crippen LogP contribution >= 0.6 is 0 Å². The maximum atomic E-state index is 14.4. The Morgan fingerprint density at radius 3 is 2.70 bits per heavy atom. The van der Waals surface area contributed by atoms with E-state index in [1.54, 1.807) is 18.2 Å². The molecule has 40 heavy (non-hydrogen) atoms. The summed E-state index contributed by atoms with van der Waals surface area (Å²) in [4.78, 5) is 25.0. The molecule has 1 saturated heterocycles. The molecule has 1 aromatic heterocycles. The minimum Gasteiger partial charge on any atom is -0.497 e. The van der Waals surface area contributed by atoms with Crippen molar-refractivity contribution < 1.29 is 14.2 Å². The molecule has 2 heterocycles. The van der Waals surface area contributed by atoms with Crippen LogP contribution in [0.3, 0.4) is 0 Å². The van der Waals surface area contributed by atoms with Crippen LogP contribution in [-0.2, 0) is 13.0 Å². The molecule has 212 valence electrons. The van der Waals surface area contributed by atoms with Crippen molar-refractivity contribution in [3.63, 3.8) is 0 Å². The lowest BCUT2D eigenvalue weighted by atomic mass is 9.45. The first-order chi connectivity index (χ1) is 19.1. The molecule has 0 unspecified atom stereocenters. The summed E-state index contributed by atoms with van der Waals surface area (Å²) in [5.74, 6) is 2.78. The number of guanidine groups is 1. The number of aliphatic hydroxyl groups excluding tert-OH is 1. The second-order valence-corrected chi connectivity index (χ2v) is 12.3. The predicted molar refractivity (Wildman–Crippen MR) is 154 cm³/mol. The van der Waals surface area contributed by atoms with Gasteiger partial charge in [0, 0.05) is 31.4 Å². The molecule has 3 aromatic rings. The Morgan fingerprint density at radius 2 is 2.02 bits per heavy atom. The first-order valence-electron chi connectivity index (χ1n) is 14.2. The molecule has 2 N–H and O–H groups in total. The number of nitrogens with zero attached hydrogens (tertiary/aromatic N) is 4. The van der Waals surface area contributed by atoms with Crippen LogP contribution in [0.4, 0.5) is 10.1 Å². The highest BCUT2D eigenvalue weighted by molar-refractivity contribution is 5.96. The number of halogens is 1. The molecule has 0 spiro atoms. The molecule has 0 radical (unpaired) electrons. The monoisotopic (exact) mass is 547 g/mol. The van der Waals surface area contributed by atoms with Gasteiger partial charge in [-0.2, -0.15) is 0 Å². The zero-order chi connectivity index (χ0) is 28.2. The van der Waals surface area contributed by atoms with E-state index < -0.39 is 0 Å². The maximum Gasteiger partial charge on any atom is 0.261 e. The number of fused-ring (bicyclic) bond motifs is 3. The van der Waals surface area contributed by atoms with Gasteiger partial charge in [0.05, 0.1) is 36.5 Å². The third kappa shape index (κ3) is 4.74. The van der Waals surface area contributed by atoms with E-state index >= 15 is 0 Å². The lowest BCUT2D eigenvalue weighted by molar-refractivity contribution is -0.108. The zero-order valence-corrected chi connectivity index (χ0v) is 23.6. The molecule has 4 aliphatic rings. The smallest absolute Gasteiger partial charge is 0.261 e. The fourth-order valence-electron chi connectivity index (χ4n) is 6.89. The standard InChI is InChI=1S/C31H38FN5O3/c1-18-25-11-20(31(25,2)3)12-27(18)35-30(37-15-22(38)16-37)34-21-6-8-24-28(13-21)33-17-36(29(24)39)10-9-19-5-7-23(40-4)14-26(19)32/h5-8,13-14,17-18,20,22,25,27,38H,9-12,15-16H2,1-4H3,(H,34,35)/t18-,20-,25+,27-/m0/s1. The molecule has 3 saturated carbocycles. The van der Waals surface area contributed by atoms with Gasteiger partial charge >= 0.3 is 0 Å². The first-order valence-corrected chi connectivity index (χ1v) is 14.2. The highest BCUT2D eigenvalue weighted by Crippen LogP contribution is 2.61. The SMILES string of the molecule is COc1ccc(CCn2cnc3cc(NC(=N[C@H]4C[C@@H]5C[C@H]([C@@H]4C)C5(C)C)N4CC(O)C4)ccc3c2=O)c(F)c1. The van der Waals surface area contributed by atoms with Crippen LogP contribution in [0.25, 0.3) is 10.9 Å². The fraction of sp³-hybridized carbons (Fsp3) is 0.516. The van der Waals surface area contributed by atoms with Gasteiger partial charge in [-0.3, -0.25) is 9.36 Å². The largest absolute Gasteiger partial charge is 0.497 e. The van der Waals surface area contributed by atoms with Gasteiger partial charge in [0.2, 0.25) is 0 Å². The number of aliphatic imine (C=N–C) groups is 1. The molecule has 7 rings (SSSR count). The Hall–Kier alpha value is -3.46. The normalized spacial score (nSPS) is 25.9. The topological polar surface area (TPSA) is 92.0 Å². The average Bonchev–Trinajstić information content (AvgIpc) is 2.91. The molecule has 8 nitrogen and oxygen atoms in total. The number of β-amino-alcohol motifs (C(OH)–C–C–N with tert-alkyl or cyclic N) is 1. The van der Waals surface area contributed by atoms with Crippen molar-refractivity contribution in [1.82, 2.24) is 14.5 Å². The lowest BCUT2D eigenvalue weighted by Gasteiger charge is -2.61. The molecule has 2 aromatic carbocycles. The number of benzene rings is 2.